The van der Waals surface area contributed by atoms with Crippen molar-refractivity contribution in [3.63, 3.8) is 0 Å². The first-order valence-corrected chi connectivity index (χ1v) is 4.74. The fourth-order valence-corrected chi connectivity index (χ4v) is 1.44. The lowest BCUT2D eigenvalue weighted by Crippen LogP contribution is -1.95. The average Bonchev–Trinajstić information content (AvgIpc) is 2.23. The maximum absolute atomic E-state index is 5.73. The van der Waals surface area contributed by atoms with Crippen LogP contribution >= 0.6 is 15.9 Å². The summed E-state index contributed by atoms with van der Waals surface area (Å²) in [6.07, 6.45) is 4.80. The highest BCUT2D eigenvalue weighted by Gasteiger charge is 2.04. The van der Waals surface area contributed by atoms with Crippen LogP contribution < -0.4 is 5.73 Å². The second-order valence-electron chi connectivity index (χ2n) is 2.68. The first-order valence-electron chi connectivity index (χ1n) is 3.95. The van der Waals surface area contributed by atoms with Gasteiger partial charge in [-0.05, 0) is 28.1 Å². The normalized spacial score (nSPS) is 10.1. The molecule has 0 aliphatic rings. The Labute approximate surface area is 89.4 Å². The average molecular weight is 251 g/mol. The summed E-state index contributed by atoms with van der Waals surface area (Å²) in [5.41, 5.74) is 7.31. The van der Waals surface area contributed by atoms with E-state index in [1.165, 1.54) is 6.33 Å². The van der Waals surface area contributed by atoms with Gasteiger partial charge < -0.3 is 5.73 Å². The number of nitrogen functional groups attached to an aromatic ring is 1. The number of anilines is 1. The Morgan fingerprint density at radius 1 is 1.29 bits per heavy atom. The molecule has 2 heterocycles. The van der Waals surface area contributed by atoms with E-state index in [0.717, 1.165) is 15.7 Å². The number of pyridine rings is 1. The van der Waals surface area contributed by atoms with Gasteiger partial charge in [-0.2, -0.15) is 0 Å². The third-order valence-corrected chi connectivity index (χ3v) is 2.18. The second-order valence-corrected chi connectivity index (χ2v) is 3.60. The molecule has 0 aliphatic heterocycles. The zero-order chi connectivity index (χ0) is 9.97. The third-order valence-electron chi connectivity index (χ3n) is 1.74. The molecule has 0 aliphatic carbocycles. The van der Waals surface area contributed by atoms with Gasteiger partial charge in [0.25, 0.3) is 0 Å². The molecule has 0 radical (unpaired) electrons. The standard InChI is InChI=1S/C9H7BrN4/c10-6-3-7(9(11)13-4-6)8-1-2-12-5-14-8/h1-5H,(H2,11,13). The minimum Gasteiger partial charge on any atom is -0.383 e. The Bertz CT molecular complexity index is 444. The van der Waals surface area contributed by atoms with Gasteiger partial charge in [-0.15, -0.1) is 0 Å². The second kappa shape index (κ2) is 3.71. The molecule has 2 aromatic rings. The topological polar surface area (TPSA) is 64.7 Å². The van der Waals surface area contributed by atoms with E-state index in [4.69, 9.17) is 5.73 Å². The molecule has 5 heteroatoms. The fourth-order valence-electron chi connectivity index (χ4n) is 1.11. The van der Waals surface area contributed by atoms with Gasteiger partial charge in [0.05, 0.1) is 5.69 Å². The van der Waals surface area contributed by atoms with Crippen molar-refractivity contribution in [3.8, 4) is 11.3 Å². The minimum absolute atomic E-state index is 0.465. The molecule has 0 fully saturated rings. The molecule has 0 amide bonds. The molecular weight excluding hydrogens is 244 g/mol. The summed E-state index contributed by atoms with van der Waals surface area (Å²) in [5.74, 6) is 0.465. The molecule has 2 rings (SSSR count). The van der Waals surface area contributed by atoms with E-state index in [2.05, 4.69) is 30.9 Å². The van der Waals surface area contributed by atoms with E-state index in [1.807, 2.05) is 6.07 Å². The molecule has 14 heavy (non-hydrogen) atoms. The van der Waals surface area contributed by atoms with Crippen molar-refractivity contribution in [2.24, 2.45) is 0 Å². The van der Waals surface area contributed by atoms with Crippen LogP contribution in [0.1, 0.15) is 0 Å². The van der Waals surface area contributed by atoms with E-state index in [1.54, 1.807) is 18.5 Å². The number of hydrogen-bond donors (Lipinski definition) is 1. The molecule has 0 spiro atoms. The Morgan fingerprint density at radius 3 is 2.86 bits per heavy atom. The fraction of sp³-hybridized carbons (Fsp3) is 0. The minimum atomic E-state index is 0.465. The number of nitrogens with zero attached hydrogens (tertiary/aromatic N) is 3. The van der Waals surface area contributed by atoms with E-state index in [9.17, 15) is 0 Å². The van der Waals surface area contributed by atoms with Gasteiger partial charge in [0.1, 0.15) is 12.1 Å². The maximum Gasteiger partial charge on any atom is 0.132 e. The smallest absolute Gasteiger partial charge is 0.132 e. The Kier molecular flexibility index (Phi) is 2.41. The summed E-state index contributed by atoms with van der Waals surface area (Å²) >= 11 is 3.33. The summed E-state index contributed by atoms with van der Waals surface area (Å²) in [5, 5.41) is 0. The zero-order valence-corrected chi connectivity index (χ0v) is 8.77. The summed E-state index contributed by atoms with van der Waals surface area (Å²) in [6, 6.07) is 3.67. The van der Waals surface area contributed by atoms with Gasteiger partial charge in [0.15, 0.2) is 0 Å². The highest BCUT2D eigenvalue weighted by Crippen LogP contribution is 2.24. The Hall–Kier alpha value is -1.49. The molecule has 0 bridgehead atoms. The van der Waals surface area contributed by atoms with Gasteiger partial charge in [0.2, 0.25) is 0 Å². The summed E-state index contributed by atoms with van der Waals surface area (Å²) in [4.78, 5) is 12.0. The van der Waals surface area contributed by atoms with Crippen molar-refractivity contribution < 1.29 is 0 Å². The van der Waals surface area contributed by atoms with E-state index >= 15 is 0 Å². The molecule has 0 saturated carbocycles. The van der Waals surface area contributed by atoms with Gasteiger partial charge in [-0.3, -0.25) is 0 Å². The molecule has 0 aromatic carbocycles. The lowest BCUT2D eigenvalue weighted by atomic mass is 10.2. The molecule has 2 N–H and O–H groups in total. The quantitative estimate of drug-likeness (QED) is 0.840. The lowest BCUT2D eigenvalue weighted by molar-refractivity contribution is 1.17. The van der Waals surface area contributed by atoms with E-state index in [0.29, 0.717) is 5.82 Å². The third kappa shape index (κ3) is 1.72. The molecule has 0 unspecified atom stereocenters. The highest BCUT2D eigenvalue weighted by molar-refractivity contribution is 9.10. The van der Waals surface area contributed by atoms with Crippen LogP contribution in [-0.4, -0.2) is 15.0 Å². The van der Waals surface area contributed by atoms with Crippen molar-refractivity contribution in [2.45, 2.75) is 0 Å². The SMILES string of the molecule is Nc1ncc(Br)cc1-c1ccncn1. The number of halogens is 1. The first-order chi connectivity index (χ1) is 6.77. The van der Waals surface area contributed by atoms with Crippen molar-refractivity contribution in [1.82, 2.24) is 15.0 Å². The Balaban J connectivity index is 2.57. The number of nitrogens with two attached hydrogens (primary N) is 1. The monoisotopic (exact) mass is 250 g/mol. The van der Waals surface area contributed by atoms with Crippen LogP contribution in [0.5, 0.6) is 0 Å². The van der Waals surface area contributed by atoms with Crippen LogP contribution in [-0.2, 0) is 0 Å². The molecule has 2 aromatic heterocycles. The summed E-state index contributed by atoms with van der Waals surface area (Å²) < 4.78 is 0.875. The largest absolute Gasteiger partial charge is 0.383 e. The van der Waals surface area contributed by atoms with Crippen molar-refractivity contribution in [3.05, 3.63) is 35.3 Å². The van der Waals surface area contributed by atoms with Crippen LogP contribution in [0, 0.1) is 0 Å². The molecule has 0 saturated heterocycles. The summed E-state index contributed by atoms with van der Waals surface area (Å²) in [7, 11) is 0. The van der Waals surface area contributed by atoms with E-state index in [-0.39, 0.29) is 0 Å². The van der Waals surface area contributed by atoms with Crippen LogP contribution in [0.15, 0.2) is 35.3 Å². The number of hydrogen-bond acceptors (Lipinski definition) is 4. The van der Waals surface area contributed by atoms with Crippen molar-refractivity contribution in [1.29, 1.82) is 0 Å². The predicted octanol–water partition coefficient (Wildman–Crippen LogP) is 1.88. The van der Waals surface area contributed by atoms with Gasteiger partial charge in [0, 0.05) is 22.4 Å². The van der Waals surface area contributed by atoms with Crippen LogP contribution in [0.2, 0.25) is 0 Å². The van der Waals surface area contributed by atoms with E-state index < -0.39 is 0 Å². The molecule has 0 atom stereocenters. The summed E-state index contributed by atoms with van der Waals surface area (Å²) in [6.45, 7) is 0. The number of rotatable bonds is 1. The van der Waals surface area contributed by atoms with Gasteiger partial charge in [-0.25, -0.2) is 15.0 Å². The molecule has 70 valence electrons. The van der Waals surface area contributed by atoms with Crippen LogP contribution in [0.25, 0.3) is 11.3 Å². The van der Waals surface area contributed by atoms with Crippen molar-refractivity contribution >= 4 is 21.7 Å². The molecular formula is C9H7BrN4. The highest BCUT2D eigenvalue weighted by atomic mass is 79.9. The van der Waals surface area contributed by atoms with Gasteiger partial charge in [-0.1, -0.05) is 0 Å². The zero-order valence-electron chi connectivity index (χ0n) is 7.18. The van der Waals surface area contributed by atoms with Crippen LogP contribution in [0.3, 0.4) is 0 Å². The Morgan fingerprint density at radius 2 is 2.14 bits per heavy atom. The first kappa shape index (κ1) is 9.08. The number of aromatic nitrogens is 3. The molecule has 4 nitrogen and oxygen atoms in total. The van der Waals surface area contributed by atoms with Crippen molar-refractivity contribution in [2.75, 3.05) is 5.73 Å². The maximum atomic E-state index is 5.73. The van der Waals surface area contributed by atoms with Crippen LogP contribution in [0.4, 0.5) is 5.82 Å². The predicted molar refractivity (Wildman–Crippen MR) is 57.4 cm³/mol. The van der Waals surface area contributed by atoms with Gasteiger partial charge >= 0.3 is 0 Å². The lowest BCUT2D eigenvalue weighted by Gasteiger charge is -2.03.